The van der Waals surface area contributed by atoms with E-state index in [1.807, 2.05) is 6.07 Å². The molecule has 0 unspecified atom stereocenters. The standard InChI is InChI=1S/C18H18F2N6O/c19-12-15-5-6-26(24-15)18-22-16(21-14-3-1-13(20)2-4-14)11-17(23-18)25-7-9-27-10-8-25/h1-6,11H,7-10,12H2,(H,21,22,23). The number of alkyl halides is 1. The zero-order chi connectivity index (χ0) is 18.6. The number of benzene rings is 1. The van der Waals surface area contributed by atoms with Gasteiger partial charge < -0.3 is 15.0 Å². The number of nitrogens with zero attached hydrogens (tertiary/aromatic N) is 5. The van der Waals surface area contributed by atoms with Crippen LogP contribution in [0.3, 0.4) is 0 Å². The minimum atomic E-state index is -0.656. The van der Waals surface area contributed by atoms with E-state index in [0.29, 0.717) is 55.3 Å². The molecule has 0 radical (unpaired) electrons. The van der Waals surface area contributed by atoms with E-state index in [1.165, 1.54) is 16.8 Å². The van der Waals surface area contributed by atoms with Crippen molar-refractivity contribution in [2.45, 2.75) is 6.67 Å². The molecule has 3 aromatic rings. The van der Waals surface area contributed by atoms with Gasteiger partial charge in [-0.3, -0.25) is 0 Å². The molecule has 2 aromatic heterocycles. The molecular formula is C18H18F2N6O. The Bertz CT molecular complexity index is 908. The van der Waals surface area contributed by atoms with Crippen molar-refractivity contribution in [2.24, 2.45) is 0 Å². The Morgan fingerprint density at radius 1 is 1.07 bits per heavy atom. The first-order valence-electron chi connectivity index (χ1n) is 8.56. The second-order valence-corrected chi connectivity index (χ2v) is 6.03. The van der Waals surface area contributed by atoms with Crippen molar-refractivity contribution in [3.05, 3.63) is 54.1 Å². The average molecular weight is 372 g/mol. The van der Waals surface area contributed by atoms with Gasteiger partial charge in [-0.1, -0.05) is 0 Å². The highest BCUT2D eigenvalue weighted by Gasteiger charge is 2.16. The van der Waals surface area contributed by atoms with E-state index in [1.54, 1.807) is 24.4 Å². The Kier molecular flexibility index (Phi) is 4.93. The predicted molar refractivity (Wildman–Crippen MR) is 96.7 cm³/mol. The molecule has 0 amide bonds. The molecule has 1 aliphatic rings. The number of halogens is 2. The molecule has 0 atom stereocenters. The fraction of sp³-hybridized carbons (Fsp3) is 0.278. The van der Waals surface area contributed by atoms with Crippen LogP contribution in [0.5, 0.6) is 0 Å². The molecule has 7 nitrogen and oxygen atoms in total. The summed E-state index contributed by atoms with van der Waals surface area (Å²) in [5, 5.41) is 7.29. The highest BCUT2D eigenvalue weighted by Crippen LogP contribution is 2.22. The molecule has 9 heteroatoms. The first-order chi connectivity index (χ1) is 13.2. The number of rotatable bonds is 5. The molecule has 27 heavy (non-hydrogen) atoms. The van der Waals surface area contributed by atoms with E-state index in [2.05, 4.69) is 25.3 Å². The summed E-state index contributed by atoms with van der Waals surface area (Å²) in [5.74, 6) is 1.26. The fourth-order valence-corrected chi connectivity index (χ4v) is 2.77. The van der Waals surface area contributed by atoms with Crippen LogP contribution in [0.1, 0.15) is 5.69 Å². The predicted octanol–water partition coefficient (Wildman–Crippen LogP) is 2.85. The lowest BCUT2D eigenvalue weighted by Gasteiger charge is -2.28. The molecule has 1 aromatic carbocycles. The lowest BCUT2D eigenvalue weighted by atomic mass is 10.3. The smallest absolute Gasteiger partial charge is 0.254 e. The van der Waals surface area contributed by atoms with E-state index in [9.17, 15) is 8.78 Å². The normalized spacial score (nSPS) is 14.4. The van der Waals surface area contributed by atoms with E-state index >= 15 is 0 Å². The molecule has 3 heterocycles. The quantitative estimate of drug-likeness (QED) is 0.743. The molecule has 0 bridgehead atoms. The Labute approximate surface area is 154 Å². The van der Waals surface area contributed by atoms with E-state index in [4.69, 9.17) is 4.74 Å². The van der Waals surface area contributed by atoms with E-state index in [-0.39, 0.29) is 5.82 Å². The fourth-order valence-electron chi connectivity index (χ4n) is 2.77. The summed E-state index contributed by atoms with van der Waals surface area (Å²) in [5.41, 5.74) is 1.00. The largest absolute Gasteiger partial charge is 0.378 e. The van der Waals surface area contributed by atoms with Crippen LogP contribution in [0, 0.1) is 5.82 Å². The van der Waals surface area contributed by atoms with E-state index in [0.717, 1.165) is 0 Å². The molecule has 1 saturated heterocycles. The molecule has 0 saturated carbocycles. The highest BCUT2D eigenvalue weighted by atomic mass is 19.1. The minimum absolute atomic E-state index is 0.309. The molecule has 0 spiro atoms. The van der Waals surface area contributed by atoms with Crippen molar-refractivity contribution in [2.75, 3.05) is 36.5 Å². The number of ether oxygens (including phenoxy) is 1. The maximum absolute atomic E-state index is 13.1. The average Bonchev–Trinajstić information content (AvgIpc) is 3.20. The lowest BCUT2D eigenvalue weighted by Crippen LogP contribution is -2.37. The third-order valence-corrected chi connectivity index (χ3v) is 4.14. The number of morpholine rings is 1. The molecule has 0 aliphatic carbocycles. The summed E-state index contributed by atoms with van der Waals surface area (Å²) in [6, 6.07) is 9.39. The number of hydrogen-bond acceptors (Lipinski definition) is 6. The lowest BCUT2D eigenvalue weighted by molar-refractivity contribution is 0.122. The maximum Gasteiger partial charge on any atom is 0.254 e. The summed E-state index contributed by atoms with van der Waals surface area (Å²) in [6.45, 7) is 2.00. The molecule has 140 valence electrons. The summed E-state index contributed by atoms with van der Waals surface area (Å²) < 4.78 is 32.8. The van der Waals surface area contributed by atoms with Gasteiger partial charge in [-0.2, -0.15) is 15.1 Å². The highest BCUT2D eigenvalue weighted by molar-refractivity contribution is 5.60. The Morgan fingerprint density at radius 3 is 2.56 bits per heavy atom. The first kappa shape index (κ1) is 17.3. The van der Waals surface area contributed by atoms with Crippen LogP contribution in [-0.2, 0) is 11.4 Å². The van der Waals surface area contributed by atoms with Gasteiger partial charge in [0.25, 0.3) is 5.95 Å². The first-order valence-corrected chi connectivity index (χ1v) is 8.56. The summed E-state index contributed by atoms with van der Waals surface area (Å²) in [4.78, 5) is 11.1. The zero-order valence-corrected chi connectivity index (χ0v) is 14.5. The van der Waals surface area contributed by atoms with Crippen molar-refractivity contribution in [3.8, 4) is 5.95 Å². The van der Waals surface area contributed by atoms with Crippen LogP contribution >= 0.6 is 0 Å². The molecule has 4 rings (SSSR count). The van der Waals surface area contributed by atoms with Gasteiger partial charge in [0.1, 0.15) is 24.1 Å². The van der Waals surface area contributed by atoms with Crippen molar-refractivity contribution >= 4 is 17.3 Å². The molecule has 1 aliphatic heterocycles. The number of nitrogens with one attached hydrogen (secondary N) is 1. The van der Waals surface area contributed by atoms with Crippen LogP contribution in [0.4, 0.5) is 26.1 Å². The summed E-state index contributed by atoms with van der Waals surface area (Å²) in [6.07, 6.45) is 1.62. The summed E-state index contributed by atoms with van der Waals surface area (Å²) >= 11 is 0. The SMILES string of the molecule is FCc1ccn(-c2nc(Nc3ccc(F)cc3)cc(N3CCOCC3)n2)n1. The van der Waals surface area contributed by atoms with Gasteiger partial charge in [-0.05, 0) is 30.3 Å². The van der Waals surface area contributed by atoms with Crippen molar-refractivity contribution in [1.29, 1.82) is 0 Å². The van der Waals surface area contributed by atoms with Gasteiger partial charge >= 0.3 is 0 Å². The Morgan fingerprint density at radius 2 is 1.85 bits per heavy atom. The summed E-state index contributed by atoms with van der Waals surface area (Å²) in [7, 11) is 0. The number of anilines is 3. The second-order valence-electron chi connectivity index (χ2n) is 6.03. The van der Waals surface area contributed by atoms with Gasteiger partial charge in [-0.25, -0.2) is 13.5 Å². The van der Waals surface area contributed by atoms with Gasteiger partial charge in [0.2, 0.25) is 0 Å². The number of hydrogen-bond donors (Lipinski definition) is 1. The number of aromatic nitrogens is 4. The topological polar surface area (TPSA) is 68.1 Å². The van der Waals surface area contributed by atoms with Crippen LogP contribution in [0.15, 0.2) is 42.6 Å². The second kappa shape index (κ2) is 7.67. The zero-order valence-electron chi connectivity index (χ0n) is 14.5. The minimum Gasteiger partial charge on any atom is -0.378 e. The van der Waals surface area contributed by atoms with Crippen molar-refractivity contribution in [1.82, 2.24) is 19.7 Å². The third-order valence-electron chi connectivity index (χ3n) is 4.14. The monoisotopic (exact) mass is 372 g/mol. The Hall–Kier alpha value is -3.07. The van der Waals surface area contributed by atoms with Crippen molar-refractivity contribution < 1.29 is 13.5 Å². The Balaban J connectivity index is 1.69. The maximum atomic E-state index is 13.1. The van der Waals surface area contributed by atoms with Gasteiger partial charge in [-0.15, -0.1) is 0 Å². The van der Waals surface area contributed by atoms with E-state index < -0.39 is 6.67 Å². The van der Waals surface area contributed by atoms with Crippen molar-refractivity contribution in [3.63, 3.8) is 0 Å². The van der Waals surface area contributed by atoms with Gasteiger partial charge in [0.05, 0.1) is 18.9 Å². The molecule has 1 fully saturated rings. The van der Waals surface area contributed by atoms with Gasteiger partial charge in [0, 0.05) is 31.0 Å². The van der Waals surface area contributed by atoms with Crippen LogP contribution < -0.4 is 10.2 Å². The van der Waals surface area contributed by atoms with Crippen LogP contribution in [0.25, 0.3) is 5.95 Å². The van der Waals surface area contributed by atoms with Crippen LogP contribution in [-0.4, -0.2) is 46.1 Å². The van der Waals surface area contributed by atoms with Crippen LogP contribution in [0.2, 0.25) is 0 Å². The van der Waals surface area contributed by atoms with Gasteiger partial charge in [0.15, 0.2) is 0 Å². The molecular weight excluding hydrogens is 354 g/mol. The third kappa shape index (κ3) is 4.03. The molecule has 1 N–H and O–H groups in total.